The fraction of sp³-hybridized carbons (Fsp3) is 0.440. The van der Waals surface area contributed by atoms with E-state index in [0.29, 0.717) is 24.6 Å². The van der Waals surface area contributed by atoms with E-state index in [4.69, 9.17) is 21.4 Å². The summed E-state index contributed by atoms with van der Waals surface area (Å²) in [6.07, 6.45) is 10.4. The minimum Gasteiger partial charge on any atom is -0.481 e. The summed E-state index contributed by atoms with van der Waals surface area (Å²) < 4.78 is 5.09. The molecule has 0 aromatic carbocycles. The van der Waals surface area contributed by atoms with Crippen molar-refractivity contribution in [3.63, 3.8) is 0 Å². The van der Waals surface area contributed by atoms with Crippen molar-refractivity contribution in [3.8, 4) is 0 Å². The van der Waals surface area contributed by atoms with Gasteiger partial charge in [0.1, 0.15) is 0 Å². The van der Waals surface area contributed by atoms with Gasteiger partial charge in [0.2, 0.25) is 17.2 Å². The summed E-state index contributed by atoms with van der Waals surface area (Å²) in [5, 5.41) is 8.82. The van der Waals surface area contributed by atoms with Crippen LogP contribution in [0.2, 0.25) is 0 Å². The van der Waals surface area contributed by atoms with Crippen LogP contribution in [0.3, 0.4) is 0 Å². The minimum absolute atomic E-state index is 0.0370. The summed E-state index contributed by atoms with van der Waals surface area (Å²) in [7, 11) is 0. The van der Waals surface area contributed by atoms with Crippen LogP contribution in [-0.2, 0) is 23.9 Å². The smallest absolute Gasteiger partial charge is 0.304 e. The van der Waals surface area contributed by atoms with Crippen molar-refractivity contribution in [1.82, 2.24) is 4.90 Å². The Morgan fingerprint density at radius 2 is 1.94 bits per heavy atom. The predicted octanol–water partition coefficient (Wildman–Crippen LogP) is 4.45. The van der Waals surface area contributed by atoms with Crippen LogP contribution in [0.15, 0.2) is 58.0 Å². The summed E-state index contributed by atoms with van der Waals surface area (Å²) in [4.78, 5) is 50.3. The second-order valence-electron chi connectivity index (χ2n) is 8.45. The highest BCUT2D eigenvalue weighted by Crippen LogP contribution is 2.39. The van der Waals surface area contributed by atoms with E-state index >= 15 is 0 Å². The number of hydrogen-bond donors (Lipinski definition) is 1. The molecule has 7 nitrogen and oxygen atoms in total. The van der Waals surface area contributed by atoms with Gasteiger partial charge in [-0.3, -0.25) is 19.2 Å². The first kappa shape index (κ1) is 26.3. The van der Waals surface area contributed by atoms with Crippen molar-refractivity contribution in [3.05, 3.63) is 58.0 Å². The molecule has 0 aromatic rings. The second kappa shape index (κ2) is 10.8. The number of esters is 1. The van der Waals surface area contributed by atoms with Gasteiger partial charge >= 0.3 is 11.9 Å². The average Bonchev–Trinajstić information content (AvgIpc) is 2.74. The fourth-order valence-electron chi connectivity index (χ4n) is 3.62. The first-order valence-corrected chi connectivity index (χ1v) is 11.3. The number of allylic oxidation sites excluding steroid dienone is 6. The van der Waals surface area contributed by atoms with Gasteiger partial charge in [-0.25, -0.2) is 0 Å². The van der Waals surface area contributed by atoms with Gasteiger partial charge in [-0.2, -0.15) is 0 Å². The molecule has 2 atom stereocenters. The maximum atomic E-state index is 13.2. The van der Waals surface area contributed by atoms with Gasteiger partial charge in [-0.1, -0.05) is 49.6 Å². The number of carbonyl (C=O) groups excluding carboxylic acids is 3. The van der Waals surface area contributed by atoms with Crippen molar-refractivity contribution >= 4 is 35.1 Å². The van der Waals surface area contributed by atoms with Gasteiger partial charge in [0.05, 0.1) is 5.03 Å². The van der Waals surface area contributed by atoms with Gasteiger partial charge in [0, 0.05) is 42.9 Å². The predicted molar refractivity (Wildman–Crippen MR) is 125 cm³/mol. The van der Waals surface area contributed by atoms with Crippen molar-refractivity contribution in [1.29, 1.82) is 0 Å². The summed E-state index contributed by atoms with van der Waals surface area (Å²) >= 11 is 6.35. The molecule has 0 bridgehead atoms. The zero-order valence-corrected chi connectivity index (χ0v) is 20.4. The minimum atomic E-state index is -2.04. The van der Waals surface area contributed by atoms with Crippen LogP contribution >= 0.6 is 11.6 Å². The van der Waals surface area contributed by atoms with E-state index in [1.54, 1.807) is 17.2 Å². The molecule has 178 valence electrons. The van der Waals surface area contributed by atoms with Crippen molar-refractivity contribution in [2.75, 3.05) is 6.54 Å². The van der Waals surface area contributed by atoms with E-state index in [1.807, 2.05) is 19.1 Å². The standard InChI is InChI=1S/C25H30ClNO6/c1-6-15(2)12-16(3)9-10-18-13-19-20(14-27(18)11-7-8-21(29)30)23(31)25(5,33-17(4)28)24(32)22(19)26/h9-10,12-15H,6-8,11H2,1-5H3,(H,29,30)/b10-9+,16-12+/t15-,25+/m0/s1. The number of ketones is 2. The Labute approximate surface area is 199 Å². The van der Waals surface area contributed by atoms with E-state index in [2.05, 4.69) is 19.9 Å². The second-order valence-corrected chi connectivity index (χ2v) is 8.82. The Morgan fingerprint density at radius 3 is 2.52 bits per heavy atom. The number of carboxylic acid groups (broad SMARTS) is 1. The van der Waals surface area contributed by atoms with Crippen LogP contribution < -0.4 is 0 Å². The molecule has 0 fully saturated rings. The molecule has 1 heterocycles. The maximum Gasteiger partial charge on any atom is 0.304 e. The number of rotatable bonds is 9. The molecule has 0 unspecified atom stereocenters. The van der Waals surface area contributed by atoms with Crippen molar-refractivity contribution in [2.45, 2.75) is 59.5 Å². The van der Waals surface area contributed by atoms with Crippen LogP contribution in [0.25, 0.3) is 0 Å². The number of halogens is 1. The van der Waals surface area contributed by atoms with Crippen LogP contribution in [0.5, 0.6) is 0 Å². The molecular formula is C25H30ClNO6. The van der Waals surface area contributed by atoms with Gasteiger partial charge in [-0.15, -0.1) is 0 Å². The molecule has 0 saturated carbocycles. The quantitative estimate of drug-likeness (QED) is 0.298. The molecule has 0 saturated heterocycles. The third-order valence-electron chi connectivity index (χ3n) is 5.59. The lowest BCUT2D eigenvalue weighted by Gasteiger charge is -2.35. The molecule has 33 heavy (non-hydrogen) atoms. The molecule has 8 heteroatoms. The molecule has 0 radical (unpaired) electrons. The Morgan fingerprint density at radius 1 is 1.27 bits per heavy atom. The lowest BCUT2D eigenvalue weighted by Crippen LogP contribution is -2.52. The monoisotopic (exact) mass is 475 g/mol. The van der Waals surface area contributed by atoms with E-state index in [0.717, 1.165) is 18.9 Å². The van der Waals surface area contributed by atoms with E-state index in [-0.39, 0.29) is 22.6 Å². The highest BCUT2D eigenvalue weighted by molar-refractivity contribution is 6.49. The average molecular weight is 476 g/mol. The van der Waals surface area contributed by atoms with Crippen LogP contribution in [0, 0.1) is 5.92 Å². The number of carbonyl (C=O) groups is 4. The number of fused-ring (bicyclic) bond motifs is 1. The number of aliphatic carboxylic acids is 1. The Bertz CT molecular complexity index is 1020. The molecule has 1 aliphatic heterocycles. The van der Waals surface area contributed by atoms with Gasteiger partial charge in [0.15, 0.2) is 0 Å². The molecule has 1 N–H and O–H groups in total. The fourth-order valence-corrected chi connectivity index (χ4v) is 3.96. The van der Waals surface area contributed by atoms with E-state index in [1.165, 1.54) is 6.92 Å². The third kappa shape index (κ3) is 6.11. The molecule has 0 spiro atoms. The van der Waals surface area contributed by atoms with E-state index < -0.39 is 29.1 Å². The number of Topliss-reactive ketones (excluding diaryl/α,β-unsaturated/α-hetero) is 2. The third-order valence-corrected chi connectivity index (χ3v) is 5.97. The molecular weight excluding hydrogens is 446 g/mol. The highest BCUT2D eigenvalue weighted by atomic mass is 35.5. The molecule has 0 amide bonds. The summed E-state index contributed by atoms with van der Waals surface area (Å²) in [6.45, 7) is 8.88. The number of hydrogen-bond acceptors (Lipinski definition) is 6. The first-order chi connectivity index (χ1) is 15.4. The highest BCUT2D eigenvalue weighted by Gasteiger charge is 2.52. The van der Waals surface area contributed by atoms with Gasteiger partial charge < -0.3 is 14.7 Å². The molecule has 1 aliphatic carbocycles. The number of nitrogens with zero attached hydrogens (tertiary/aromatic N) is 1. The zero-order chi connectivity index (χ0) is 24.9. The SMILES string of the molecule is CC[C@H](C)/C=C(C)/C=C/C1=CC2=C(Cl)C(=O)[C@](C)(OC(C)=O)C(=O)C2=CN1CCCC(=O)O. The summed E-state index contributed by atoms with van der Waals surface area (Å²) in [5.74, 6) is -2.72. The normalized spacial score (nSPS) is 22.2. The Kier molecular flexibility index (Phi) is 8.61. The maximum absolute atomic E-state index is 13.2. The van der Waals surface area contributed by atoms with Crippen molar-refractivity contribution < 1.29 is 29.0 Å². The largest absolute Gasteiger partial charge is 0.481 e. The zero-order valence-electron chi connectivity index (χ0n) is 19.6. The summed E-state index contributed by atoms with van der Waals surface area (Å²) in [6, 6.07) is 0. The molecule has 0 aromatic heterocycles. The summed E-state index contributed by atoms with van der Waals surface area (Å²) in [5.41, 5.74) is 0.0632. The van der Waals surface area contributed by atoms with E-state index in [9.17, 15) is 19.2 Å². The van der Waals surface area contributed by atoms with Gasteiger partial charge in [0.25, 0.3) is 0 Å². The lowest BCUT2D eigenvalue weighted by atomic mass is 9.79. The topological polar surface area (TPSA) is 101 Å². The van der Waals surface area contributed by atoms with Crippen LogP contribution in [0.4, 0.5) is 0 Å². The van der Waals surface area contributed by atoms with Crippen LogP contribution in [-0.4, -0.2) is 45.7 Å². The number of carboxylic acids is 1. The molecule has 2 rings (SSSR count). The first-order valence-electron chi connectivity index (χ1n) is 10.9. The Hall–Kier alpha value is -2.93. The molecule has 2 aliphatic rings. The van der Waals surface area contributed by atoms with Crippen LogP contribution in [0.1, 0.15) is 53.9 Å². The number of ether oxygens (including phenoxy) is 1. The lowest BCUT2D eigenvalue weighted by molar-refractivity contribution is -0.167. The van der Waals surface area contributed by atoms with Crippen molar-refractivity contribution in [2.24, 2.45) is 5.92 Å². The Balaban J connectivity index is 2.52. The van der Waals surface area contributed by atoms with Gasteiger partial charge in [-0.05, 0) is 38.3 Å².